The monoisotopic (exact) mass is 422 g/mol. The highest BCUT2D eigenvalue weighted by molar-refractivity contribution is 9.10. The molecule has 0 saturated carbocycles. The van der Waals surface area contributed by atoms with Gasteiger partial charge < -0.3 is 5.73 Å². The quantitative estimate of drug-likeness (QED) is 0.509. The van der Waals surface area contributed by atoms with Crippen LogP contribution in [0.2, 0.25) is 0 Å². The fraction of sp³-hybridized carbons (Fsp3) is 0. The molecule has 0 spiro atoms. The molecule has 1 aromatic heterocycles. The first-order valence-electron chi connectivity index (χ1n) is 6.90. The summed E-state index contributed by atoms with van der Waals surface area (Å²) in [6.07, 6.45) is 1.31. The van der Waals surface area contributed by atoms with Crippen LogP contribution in [-0.2, 0) is 10.0 Å². The Bertz CT molecular complexity index is 1040. The number of nitrogen functional groups attached to an aromatic ring is 1. The predicted molar refractivity (Wildman–Crippen MR) is 95.5 cm³/mol. The molecule has 10 heteroatoms. The van der Waals surface area contributed by atoms with E-state index in [1.807, 2.05) is 0 Å². The average Bonchev–Trinajstić information content (AvgIpc) is 2.98. The van der Waals surface area contributed by atoms with Crippen molar-refractivity contribution in [1.82, 2.24) is 9.19 Å². The molecule has 0 aliphatic heterocycles. The number of rotatable bonds is 4. The summed E-state index contributed by atoms with van der Waals surface area (Å²) in [6.45, 7) is 0. The van der Waals surface area contributed by atoms with E-state index in [9.17, 15) is 18.5 Å². The van der Waals surface area contributed by atoms with Crippen molar-refractivity contribution in [2.45, 2.75) is 4.90 Å². The summed E-state index contributed by atoms with van der Waals surface area (Å²) in [4.78, 5) is 9.95. The van der Waals surface area contributed by atoms with Crippen molar-refractivity contribution in [2.75, 3.05) is 5.73 Å². The van der Waals surface area contributed by atoms with E-state index in [2.05, 4.69) is 21.0 Å². The number of halogens is 1. The summed E-state index contributed by atoms with van der Waals surface area (Å²) < 4.78 is 26.9. The van der Waals surface area contributed by atoms with E-state index >= 15 is 0 Å². The predicted octanol–water partition coefficient (Wildman–Crippen LogP) is 3.04. The van der Waals surface area contributed by atoms with E-state index in [0.29, 0.717) is 11.1 Å². The molecule has 0 aliphatic carbocycles. The molecule has 25 heavy (non-hydrogen) atoms. The lowest BCUT2D eigenvalue weighted by molar-refractivity contribution is -0.384. The fourth-order valence-electron chi connectivity index (χ4n) is 2.19. The van der Waals surface area contributed by atoms with Gasteiger partial charge in [0.2, 0.25) is 0 Å². The molecule has 0 radical (unpaired) electrons. The number of aromatic nitrogens is 2. The molecule has 0 bridgehead atoms. The smallest absolute Gasteiger partial charge is 0.283 e. The maximum Gasteiger partial charge on any atom is 0.283 e. The summed E-state index contributed by atoms with van der Waals surface area (Å²) in [5.74, 6) is 0.0628. The lowest BCUT2D eigenvalue weighted by Gasteiger charge is -2.03. The van der Waals surface area contributed by atoms with Gasteiger partial charge in [0.15, 0.2) is 5.82 Å². The molecule has 0 unspecified atom stereocenters. The Balaban J connectivity index is 2.02. The van der Waals surface area contributed by atoms with Crippen LogP contribution in [0.25, 0.3) is 11.1 Å². The first-order chi connectivity index (χ1) is 11.8. The number of nitrogens with two attached hydrogens (primary N) is 1. The Morgan fingerprint density at radius 1 is 1.08 bits per heavy atom. The normalized spacial score (nSPS) is 11.4. The molecule has 0 aliphatic rings. The molecule has 0 fully saturated rings. The number of hydrogen-bond acceptors (Lipinski definition) is 6. The summed E-state index contributed by atoms with van der Waals surface area (Å²) >= 11 is 3.32. The Morgan fingerprint density at radius 3 is 2.24 bits per heavy atom. The van der Waals surface area contributed by atoms with Gasteiger partial charge in [0.1, 0.15) is 0 Å². The van der Waals surface area contributed by atoms with E-state index in [1.54, 1.807) is 24.3 Å². The summed E-state index contributed by atoms with van der Waals surface area (Å²) in [6, 6.07) is 11.7. The third-order valence-electron chi connectivity index (χ3n) is 3.47. The minimum Gasteiger partial charge on any atom is -0.382 e. The lowest BCUT2D eigenvalue weighted by atomic mass is 10.1. The van der Waals surface area contributed by atoms with Crippen LogP contribution < -0.4 is 5.73 Å². The van der Waals surface area contributed by atoms with Gasteiger partial charge in [0, 0.05) is 22.2 Å². The van der Waals surface area contributed by atoms with Gasteiger partial charge in [-0.25, -0.2) is 0 Å². The van der Waals surface area contributed by atoms with Gasteiger partial charge in [-0.15, -0.1) is 5.10 Å². The molecule has 3 aromatic rings. The maximum atomic E-state index is 12.6. The molecular formula is C15H11BrN4O4S. The van der Waals surface area contributed by atoms with Gasteiger partial charge >= 0.3 is 0 Å². The Hall–Kier alpha value is -2.72. The van der Waals surface area contributed by atoms with Crippen molar-refractivity contribution in [3.63, 3.8) is 0 Å². The number of nitrogens with zero attached hydrogens (tertiary/aromatic N) is 3. The van der Waals surface area contributed by atoms with E-state index in [0.717, 1.165) is 32.8 Å². The van der Waals surface area contributed by atoms with E-state index in [4.69, 9.17) is 5.73 Å². The van der Waals surface area contributed by atoms with Crippen LogP contribution in [0.15, 0.2) is 64.1 Å². The number of nitro benzene ring substituents is 1. The number of nitro groups is 1. The van der Waals surface area contributed by atoms with Gasteiger partial charge in [-0.2, -0.15) is 12.5 Å². The number of non-ortho nitro benzene ring substituents is 1. The average molecular weight is 423 g/mol. The summed E-state index contributed by atoms with van der Waals surface area (Å²) in [5, 5.41) is 14.6. The first kappa shape index (κ1) is 17.1. The molecular weight excluding hydrogens is 412 g/mol. The minimum atomic E-state index is -4.01. The second kappa shape index (κ2) is 6.30. The molecule has 8 nitrogen and oxygen atoms in total. The zero-order valence-corrected chi connectivity index (χ0v) is 14.9. The second-order valence-corrected chi connectivity index (χ2v) is 7.77. The van der Waals surface area contributed by atoms with Gasteiger partial charge in [0.05, 0.1) is 16.0 Å². The molecule has 1 heterocycles. The number of benzene rings is 2. The zero-order chi connectivity index (χ0) is 18.2. The van der Waals surface area contributed by atoms with Gasteiger partial charge in [-0.05, 0) is 29.8 Å². The molecule has 0 amide bonds. The van der Waals surface area contributed by atoms with Crippen molar-refractivity contribution < 1.29 is 13.3 Å². The van der Waals surface area contributed by atoms with E-state index in [-0.39, 0.29) is 16.4 Å². The largest absolute Gasteiger partial charge is 0.382 e. The first-order valence-corrected chi connectivity index (χ1v) is 9.13. The number of anilines is 1. The second-order valence-electron chi connectivity index (χ2n) is 5.06. The molecule has 0 saturated heterocycles. The Morgan fingerprint density at radius 2 is 1.68 bits per heavy atom. The van der Waals surface area contributed by atoms with Crippen LogP contribution in [-0.4, -0.2) is 22.5 Å². The van der Waals surface area contributed by atoms with Crippen molar-refractivity contribution in [1.29, 1.82) is 0 Å². The van der Waals surface area contributed by atoms with Crippen LogP contribution in [0.1, 0.15) is 0 Å². The van der Waals surface area contributed by atoms with Gasteiger partial charge in [-0.1, -0.05) is 28.1 Å². The third-order valence-corrected chi connectivity index (χ3v) is 5.54. The third kappa shape index (κ3) is 3.26. The van der Waals surface area contributed by atoms with E-state index < -0.39 is 14.9 Å². The Kier molecular flexibility index (Phi) is 4.31. The van der Waals surface area contributed by atoms with E-state index in [1.165, 1.54) is 6.20 Å². The molecule has 2 N–H and O–H groups in total. The van der Waals surface area contributed by atoms with Crippen LogP contribution in [0.3, 0.4) is 0 Å². The topological polar surface area (TPSA) is 121 Å². The zero-order valence-electron chi connectivity index (χ0n) is 12.5. The van der Waals surface area contributed by atoms with Crippen molar-refractivity contribution in [3.8, 4) is 11.1 Å². The maximum absolute atomic E-state index is 12.6. The van der Waals surface area contributed by atoms with Crippen LogP contribution >= 0.6 is 15.9 Å². The van der Waals surface area contributed by atoms with Crippen molar-refractivity contribution in [2.24, 2.45) is 0 Å². The lowest BCUT2D eigenvalue weighted by Crippen LogP contribution is -2.13. The van der Waals surface area contributed by atoms with Crippen LogP contribution in [0.4, 0.5) is 11.5 Å². The van der Waals surface area contributed by atoms with Crippen LogP contribution in [0.5, 0.6) is 0 Å². The molecule has 128 valence electrons. The van der Waals surface area contributed by atoms with Crippen molar-refractivity contribution in [3.05, 3.63) is 69.3 Å². The standard InChI is InChI=1S/C15H11BrN4O4S/c16-11-3-1-10(2-4-11)14-9-19(18-15(14)17)25(23,24)13-7-5-12(6-8-13)20(21)22/h1-9H,(H2,17,18). The van der Waals surface area contributed by atoms with Crippen molar-refractivity contribution >= 4 is 37.5 Å². The fourth-order valence-corrected chi connectivity index (χ4v) is 3.59. The summed E-state index contributed by atoms with van der Waals surface area (Å²) in [7, 11) is -4.01. The summed E-state index contributed by atoms with van der Waals surface area (Å²) in [5.41, 5.74) is 6.84. The number of hydrogen-bond donors (Lipinski definition) is 1. The minimum absolute atomic E-state index is 0.0628. The molecule has 0 atom stereocenters. The van der Waals surface area contributed by atoms with Gasteiger partial charge in [-0.3, -0.25) is 10.1 Å². The van der Waals surface area contributed by atoms with Gasteiger partial charge in [0.25, 0.3) is 15.7 Å². The van der Waals surface area contributed by atoms with Crippen LogP contribution in [0, 0.1) is 10.1 Å². The highest BCUT2D eigenvalue weighted by atomic mass is 79.9. The molecule has 2 aromatic carbocycles. The molecule has 3 rings (SSSR count). The highest BCUT2D eigenvalue weighted by Crippen LogP contribution is 2.28. The Labute approximate surface area is 151 Å². The SMILES string of the molecule is Nc1nn(S(=O)(=O)c2ccc([N+](=O)[O-])cc2)cc1-c1ccc(Br)cc1. The highest BCUT2D eigenvalue weighted by Gasteiger charge is 2.21.